The number of hydrogen-bond donors (Lipinski definition) is 0. The maximum Gasteiger partial charge on any atom is 0.254 e. The molecule has 2 aliphatic heterocycles. The number of carbonyl (C=O) groups excluding carboxylic acids is 2. The number of likely N-dealkylation sites (tertiary alicyclic amines) is 1. The molecule has 2 atom stereocenters. The molecule has 2 heterocycles. The second-order valence-corrected chi connectivity index (χ2v) is 9.41. The first-order valence-corrected chi connectivity index (χ1v) is 9.44. The minimum Gasteiger partial charge on any atom is -0.335 e. The van der Waals surface area contributed by atoms with E-state index in [1.807, 2.05) is 31.2 Å². The molecule has 0 N–H and O–H groups in total. The molecular formula is C21H27N3O2. The van der Waals surface area contributed by atoms with Gasteiger partial charge in [-0.05, 0) is 61.3 Å². The fraction of sp³-hybridized carbons (Fsp3) is 0.571. The van der Waals surface area contributed by atoms with E-state index in [1.165, 1.54) is 11.4 Å². The van der Waals surface area contributed by atoms with Crippen LogP contribution in [0, 0.1) is 10.8 Å². The van der Waals surface area contributed by atoms with Crippen molar-refractivity contribution in [2.24, 2.45) is 15.9 Å². The number of hydrogen-bond acceptors (Lipinski definition) is 3. The van der Waals surface area contributed by atoms with Crippen molar-refractivity contribution in [3.63, 3.8) is 0 Å². The van der Waals surface area contributed by atoms with Crippen LogP contribution in [-0.4, -0.2) is 35.0 Å². The Morgan fingerprint density at radius 3 is 2.46 bits per heavy atom. The standard InChI is InChI=1S/C21H27N3O2/c1-14-9-18(25)24(22-14)16-7-5-15(6-8-16)19(26)23-13-21(4)11-17(23)10-20(2,3)12-21/h5-8,17H,9-13H2,1-4H3. The van der Waals surface area contributed by atoms with Crippen molar-refractivity contribution in [3.8, 4) is 0 Å². The van der Waals surface area contributed by atoms with Crippen molar-refractivity contribution in [3.05, 3.63) is 29.8 Å². The number of anilines is 1. The fourth-order valence-corrected chi connectivity index (χ4v) is 5.37. The number of hydrazone groups is 1. The van der Waals surface area contributed by atoms with Crippen molar-refractivity contribution in [2.75, 3.05) is 11.6 Å². The van der Waals surface area contributed by atoms with Crippen LogP contribution in [0.5, 0.6) is 0 Å². The maximum atomic E-state index is 13.1. The molecule has 2 fully saturated rings. The minimum atomic E-state index is -0.0231. The average Bonchev–Trinajstić information content (AvgIpc) is 3.01. The number of nitrogens with zero attached hydrogens (tertiary/aromatic N) is 3. The Balaban J connectivity index is 1.54. The van der Waals surface area contributed by atoms with E-state index in [0.717, 1.165) is 30.8 Å². The van der Waals surface area contributed by atoms with Crippen molar-refractivity contribution >= 4 is 23.2 Å². The molecule has 0 radical (unpaired) electrons. The van der Waals surface area contributed by atoms with Gasteiger partial charge in [0.1, 0.15) is 0 Å². The highest BCUT2D eigenvalue weighted by Gasteiger charge is 2.51. The molecular weight excluding hydrogens is 326 g/mol. The Morgan fingerprint density at radius 1 is 1.15 bits per heavy atom. The predicted octanol–water partition coefficient (Wildman–Crippen LogP) is 3.84. The van der Waals surface area contributed by atoms with Crippen LogP contribution in [0.25, 0.3) is 0 Å². The van der Waals surface area contributed by atoms with Gasteiger partial charge in [0, 0.05) is 23.9 Å². The van der Waals surface area contributed by atoms with Gasteiger partial charge < -0.3 is 4.90 Å². The molecule has 3 aliphatic rings. The van der Waals surface area contributed by atoms with Gasteiger partial charge in [-0.1, -0.05) is 20.8 Å². The molecule has 2 unspecified atom stereocenters. The zero-order chi connectivity index (χ0) is 18.7. The SMILES string of the molecule is CC1=NN(c2ccc(C(=O)N3CC4(C)CC3CC(C)(C)C4)cc2)C(=O)C1. The first-order valence-electron chi connectivity index (χ1n) is 9.44. The summed E-state index contributed by atoms with van der Waals surface area (Å²) in [5, 5.41) is 5.69. The van der Waals surface area contributed by atoms with Crippen molar-refractivity contribution < 1.29 is 9.59 Å². The van der Waals surface area contributed by atoms with E-state index < -0.39 is 0 Å². The summed E-state index contributed by atoms with van der Waals surface area (Å²) in [6.45, 7) is 9.64. The molecule has 1 saturated carbocycles. The molecule has 2 bridgehead atoms. The third-order valence-electron chi connectivity index (χ3n) is 5.95. The lowest BCUT2D eigenvalue weighted by Crippen LogP contribution is -2.37. The fourth-order valence-electron chi connectivity index (χ4n) is 5.37. The van der Waals surface area contributed by atoms with Gasteiger partial charge in [0.15, 0.2) is 0 Å². The smallest absolute Gasteiger partial charge is 0.254 e. The average molecular weight is 353 g/mol. The van der Waals surface area contributed by atoms with E-state index >= 15 is 0 Å². The summed E-state index contributed by atoms with van der Waals surface area (Å²) in [7, 11) is 0. The molecule has 4 rings (SSSR count). The number of benzene rings is 1. The van der Waals surface area contributed by atoms with Crippen LogP contribution in [-0.2, 0) is 4.79 Å². The number of carbonyl (C=O) groups is 2. The Hall–Kier alpha value is -2.17. The summed E-state index contributed by atoms with van der Waals surface area (Å²) in [5.74, 6) is 0.0838. The molecule has 1 aliphatic carbocycles. The minimum absolute atomic E-state index is 0.0231. The highest BCUT2D eigenvalue weighted by Crippen LogP contribution is 2.52. The molecule has 5 heteroatoms. The number of fused-ring (bicyclic) bond motifs is 2. The predicted molar refractivity (Wildman–Crippen MR) is 102 cm³/mol. The van der Waals surface area contributed by atoms with E-state index in [9.17, 15) is 9.59 Å². The van der Waals surface area contributed by atoms with Gasteiger partial charge >= 0.3 is 0 Å². The van der Waals surface area contributed by atoms with Gasteiger partial charge in [0.25, 0.3) is 11.8 Å². The highest BCUT2D eigenvalue weighted by atomic mass is 16.2. The molecule has 5 nitrogen and oxygen atoms in total. The Morgan fingerprint density at radius 2 is 1.85 bits per heavy atom. The molecule has 26 heavy (non-hydrogen) atoms. The van der Waals surface area contributed by atoms with Gasteiger partial charge in [0.2, 0.25) is 0 Å². The van der Waals surface area contributed by atoms with Crippen LogP contribution in [0.3, 0.4) is 0 Å². The van der Waals surface area contributed by atoms with Crippen molar-refractivity contribution in [2.45, 2.75) is 59.4 Å². The Bertz CT molecular complexity index is 796. The van der Waals surface area contributed by atoms with Crippen LogP contribution in [0.15, 0.2) is 29.4 Å². The zero-order valence-electron chi connectivity index (χ0n) is 16.1. The third kappa shape index (κ3) is 2.93. The maximum absolute atomic E-state index is 13.1. The lowest BCUT2D eigenvalue weighted by atomic mass is 9.65. The molecule has 1 aromatic carbocycles. The Labute approximate surface area is 155 Å². The monoisotopic (exact) mass is 353 g/mol. The van der Waals surface area contributed by atoms with Gasteiger partial charge in [-0.2, -0.15) is 5.10 Å². The van der Waals surface area contributed by atoms with Crippen LogP contribution in [0.2, 0.25) is 0 Å². The topological polar surface area (TPSA) is 53.0 Å². The highest BCUT2D eigenvalue weighted by molar-refractivity contribution is 6.12. The number of rotatable bonds is 2. The lowest BCUT2D eigenvalue weighted by molar-refractivity contribution is -0.116. The summed E-state index contributed by atoms with van der Waals surface area (Å²) in [5.41, 5.74) is 2.75. The van der Waals surface area contributed by atoms with E-state index in [2.05, 4.69) is 30.8 Å². The van der Waals surface area contributed by atoms with E-state index in [0.29, 0.717) is 23.4 Å². The van der Waals surface area contributed by atoms with Gasteiger partial charge in [-0.3, -0.25) is 9.59 Å². The third-order valence-corrected chi connectivity index (χ3v) is 5.95. The van der Waals surface area contributed by atoms with E-state index in [-0.39, 0.29) is 17.2 Å². The zero-order valence-corrected chi connectivity index (χ0v) is 16.1. The molecule has 1 saturated heterocycles. The second-order valence-electron chi connectivity index (χ2n) is 9.41. The molecule has 0 aromatic heterocycles. The quantitative estimate of drug-likeness (QED) is 0.811. The van der Waals surface area contributed by atoms with Crippen LogP contribution >= 0.6 is 0 Å². The van der Waals surface area contributed by atoms with Gasteiger partial charge in [0.05, 0.1) is 12.1 Å². The second kappa shape index (κ2) is 5.66. The van der Waals surface area contributed by atoms with Crippen molar-refractivity contribution in [1.82, 2.24) is 4.90 Å². The van der Waals surface area contributed by atoms with Gasteiger partial charge in [-0.25, -0.2) is 5.01 Å². The summed E-state index contributed by atoms with van der Waals surface area (Å²) < 4.78 is 0. The summed E-state index contributed by atoms with van der Waals surface area (Å²) >= 11 is 0. The molecule has 138 valence electrons. The first-order chi connectivity index (χ1) is 12.2. The number of amides is 2. The summed E-state index contributed by atoms with van der Waals surface area (Å²) in [6, 6.07) is 7.62. The normalized spacial score (nSPS) is 29.9. The lowest BCUT2D eigenvalue weighted by Gasteiger charge is -2.39. The summed E-state index contributed by atoms with van der Waals surface area (Å²) in [4.78, 5) is 27.2. The van der Waals surface area contributed by atoms with E-state index in [4.69, 9.17) is 0 Å². The Kier molecular flexibility index (Phi) is 3.76. The van der Waals surface area contributed by atoms with Crippen LogP contribution < -0.4 is 5.01 Å². The van der Waals surface area contributed by atoms with Gasteiger partial charge in [-0.15, -0.1) is 0 Å². The molecule has 1 aromatic rings. The molecule has 0 spiro atoms. The molecule has 2 amide bonds. The van der Waals surface area contributed by atoms with Crippen LogP contribution in [0.1, 0.15) is 63.7 Å². The largest absolute Gasteiger partial charge is 0.335 e. The van der Waals surface area contributed by atoms with Crippen LogP contribution in [0.4, 0.5) is 5.69 Å². The van der Waals surface area contributed by atoms with E-state index in [1.54, 1.807) is 0 Å². The van der Waals surface area contributed by atoms with Crippen molar-refractivity contribution in [1.29, 1.82) is 0 Å². The summed E-state index contributed by atoms with van der Waals surface area (Å²) in [6.07, 6.45) is 3.72. The first kappa shape index (κ1) is 17.3.